The highest BCUT2D eigenvalue weighted by atomic mass is 35.5. The summed E-state index contributed by atoms with van der Waals surface area (Å²) >= 11 is 6.11. The summed E-state index contributed by atoms with van der Waals surface area (Å²) in [4.78, 5) is 24.6. The maximum atomic E-state index is 11.7. The van der Waals surface area contributed by atoms with Gasteiger partial charge in [0.1, 0.15) is 6.61 Å². The molecule has 1 aliphatic rings. The molecule has 1 N–H and O–H groups in total. The van der Waals surface area contributed by atoms with Gasteiger partial charge in [-0.05, 0) is 48.7 Å². The van der Waals surface area contributed by atoms with Gasteiger partial charge in [-0.25, -0.2) is 0 Å². The number of carbonyl (C=O) groups is 2. The molecule has 7 heteroatoms. The van der Waals surface area contributed by atoms with E-state index in [1.165, 1.54) is 10.5 Å². The summed E-state index contributed by atoms with van der Waals surface area (Å²) in [6.07, 6.45) is 0.579. The van der Waals surface area contributed by atoms with E-state index >= 15 is 0 Å². The number of carbonyl (C=O) groups excluding carboxylic acids is 2. The van der Waals surface area contributed by atoms with Gasteiger partial charge in [0.25, 0.3) is 0 Å². The van der Waals surface area contributed by atoms with Gasteiger partial charge in [-0.1, -0.05) is 29.8 Å². The van der Waals surface area contributed by atoms with Gasteiger partial charge in [0.05, 0.1) is 13.7 Å². The fraction of sp³-hybridized carbons (Fsp3) is 0.391. The number of likely N-dealkylation sites (tertiary alicyclic amines) is 1. The third-order valence-electron chi connectivity index (χ3n) is 5.25. The highest BCUT2D eigenvalue weighted by molar-refractivity contribution is 6.31. The summed E-state index contributed by atoms with van der Waals surface area (Å²) in [5, 5.41) is 4.27. The molecular weight excluding hydrogens is 404 g/mol. The van der Waals surface area contributed by atoms with E-state index in [0.717, 1.165) is 16.1 Å². The molecule has 2 amide bonds. The molecule has 1 fully saturated rings. The van der Waals surface area contributed by atoms with Crippen LogP contribution in [-0.2, 0) is 16.1 Å². The molecule has 0 aromatic heterocycles. The topological polar surface area (TPSA) is 67.9 Å². The quantitative estimate of drug-likeness (QED) is 0.608. The molecule has 6 nitrogen and oxygen atoms in total. The van der Waals surface area contributed by atoms with Crippen molar-refractivity contribution in [1.29, 1.82) is 0 Å². The van der Waals surface area contributed by atoms with Crippen molar-refractivity contribution in [2.24, 2.45) is 0 Å². The predicted octanol–water partition coefficient (Wildman–Crippen LogP) is 4.04. The van der Waals surface area contributed by atoms with Crippen LogP contribution >= 0.6 is 11.6 Å². The van der Waals surface area contributed by atoms with Crippen molar-refractivity contribution in [1.82, 2.24) is 10.2 Å². The first kappa shape index (κ1) is 22.1. The zero-order valence-electron chi connectivity index (χ0n) is 17.5. The Morgan fingerprint density at radius 2 is 1.83 bits per heavy atom. The van der Waals surface area contributed by atoms with Crippen LogP contribution in [0.15, 0.2) is 36.4 Å². The highest BCUT2D eigenvalue weighted by Gasteiger charge is 2.28. The molecule has 30 heavy (non-hydrogen) atoms. The minimum Gasteiger partial charge on any atom is -0.493 e. The number of methoxy groups -OCH3 is 1. The Morgan fingerprint density at radius 3 is 2.50 bits per heavy atom. The number of benzene rings is 2. The lowest BCUT2D eigenvalue weighted by molar-refractivity contribution is -0.138. The van der Waals surface area contributed by atoms with Crippen LogP contribution in [0, 0.1) is 6.92 Å². The molecule has 1 saturated heterocycles. The van der Waals surface area contributed by atoms with Gasteiger partial charge in [0.2, 0.25) is 11.8 Å². The molecule has 2 aromatic carbocycles. The number of ether oxygens (including phenoxy) is 2. The number of imide groups is 1. The smallest absolute Gasteiger partial charge is 0.229 e. The minimum absolute atomic E-state index is 0.137. The Kier molecular flexibility index (Phi) is 7.34. The van der Waals surface area contributed by atoms with Crippen LogP contribution in [0.5, 0.6) is 11.5 Å². The van der Waals surface area contributed by atoms with Gasteiger partial charge in [-0.15, -0.1) is 0 Å². The van der Waals surface area contributed by atoms with Crippen LogP contribution in [0.3, 0.4) is 0 Å². The second-order valence-electron chi connectivity index (χ2n) is 7.38. The number of halogens is 1. The number of nitrogens with zero attached hydrogens (tertiary/aromatic N) is 1. The average molecular weight is 431 g/mol. The van der Waals surface area contributed by atoms with Crippen molar-refractivity contribution in [2.45, 2.75) is 39.3 Å². The van der Waals surface area contributed by atoms with Crippen molar-refractivity contribution in [3.05, 3.63) is 58.1 Å². The van der Waals surface area contributed by atoms with Gasteiger partial charge in [-0.2, -0.15) is 0 Å². The summed E-state index contributed by atoms with van der Waals surface area (Å²) in [7, 11) is 1.59. The van der Waals surface area contributed by atoms with E-state index in [1.807, 2.05) is 37.3 Å². The number of aryl methyl sites for hydroxylation is 1. The monoisotopic (exact) mass is 430 g/mol. The Morgan fingerprint density at radius 1 is 1.10 bits per heavy atom. The molecule has 0 radical (unpaired) electrons. The first-order valence-electron chi connectivity index (χ1n) is 10.0. The van der Waals surface area contributed by atoms with Crippen LogP contribution in [0.25, 0.3) is 0 Å². The molecule has 3 rings (SSSR count). The van der Waals surface area contributed by atoms with Crippen molar-refractivity contribution < 1.29 is 19.1 Å². The molecule has 2 aromatic rings. The lowest BCUT2D eigenvalue weighted by Crippen LogP contribution is -2.33. The number of hydrogen-bond acceptors (Lipinski definition) is 5. The molecule has 0 spiro atoms. The maximum absolute atomic E-state index is 11.7. The van der Waals surface area contributed by atoms with E-state index in [2.05, 4.69) is 18.3 Å². The summed E-state index contributed by atoms with van der Waals surface area (Å²) < 4.78 is 11.2. The largest absolute Gasteiger partial charge is 0.493 e. The second-order valence-corrected chi connectivity index (χ2v) is 7.79. The maximum Gasteiger partial charge on any atom is 0.229 e. The summed E-state index contributed by atoms with van der Waals surface area (Å²) in [6.45, 7) is 5.26. The van der Waals surface area contributed by atoms with E-state index in [9.17, 15) is 9.59 Å². The molecule has 0 bridgehead atoms. The Bertz CT molecular complexity index is 915. The molecule has 0 saturated carbocycles. The average Bonchev–Trinajstić information content (AvgIpc) is 3.06. The third-order valence-corrected chi connectivity index (χ3v) is 5.67. The number of nitrogens with one attached hydrogen (secondary N) is 1. The summed E-state index contributed by atoms with van der Waals surface area (Å²) in [6, 6.07) is 11.9. The van der Waals surface area contributed by atoms with Crippen molar-refractivity contribution in [3.8, 4) is 11.5 Å². The lowest BCUT2D eigenvalue weighted by atomic mass is 10.1. The third kappa shape index (κ3) is 5.32. The number of hydrogen-bond donors (Lipinski definition) is 1. The molecule has 1 heterocycles. The van der Waals surface area contributed by atoms with Crippen LogP contribution in [-0.4, -0.2) is 37.0 Å². The Labute approximate surface area is 182 Å². The number of amides is 2. The van der Waals surface area contributed by atoms with Crippen molar-refractivity contribution in [3.63, 3.8) is 0 Å². The van der Waals surface area contributed by atoms with Crippen molar-refractivity contribution >= 4 is 23.4 Å². The standard InChI is InChI=1S/C23H27ClN2O4/c1-15-12-18(5-6-19(15)24)16(2)25-14-17-4-7-20(21(13-17)29-3)30-11-10-26-22(27)8-9-23(26)28/h4-7,12-13,16,25H,8-11,14H2,1-3H3/t16-/m0/s1. The molecule has 0 unspecified atom stereocenters. The number of rotatable bonds is 9. The summed E-state index contributed by atoms with van der Waals surface area (Å²) in [5.41, 5.74) is 3.29. The first-order chi connectivity index (χ1) is 14.4. The van der Waals surface area contributed by atoms with Crippen LogP contribution in [0.1, 0.15) is 42.5 Å². The Balaban J connectivity index is 1.56. The van der Waals surface area contributed by atoms with Gasteiger partial charge in [0, 0.05) is 30.5 Å². The van der Waals surface area contributed by atoms with Crippen LogP contribution in [0.2, 0.25) is 5.02 Å². The van der Waals surface area contributed by atoms with Gasteiger partial charge in [-0.3, -0.25) is 14.5 Å². The van der Waals surface area contributed by atoms with Gasteiger partial charge >= 0.3 is 0 Å². The molecule has 1 aliphatic heterocycles. The molecule has 0 aliphatic carbocycles. The van der Waals surface area contributed by atoms with E-state index < -0.39 is 0 Å². The van der Waals surface area contributed by atoms with Crippen LogP contribution in [0.4, 0.5) is 0 Å². The zero-order valence-corrected chi connectivity index (χ0v) is 18.3. The SMILES string of the molecule is COc1cc(CN[C@@H](C)c2ccc(Cl)c(C)c2)ccc1OCCN1C(=O)CCC1=O. The van der Waals surface area contributed by atoms with E-state index in [-0.39, 0.29) is 43.8 Å². The fourth-order valence-corrected chi connectivity index (χ4v) is 3.50. The molecule has 1 atom stereocenters. The Hall–Kier alpha value is -2.57. The van der Waals surface area contributed by atoms with Crippen molar-refractivity contribution in [2.75, 3.05) is 20.3 Å². The highest BCUT2D eigenvalue weighted by Crippen LogP contribution is 2.29. The lowest BCUT2D eigenvalue weighted by Gasteiger charge is -2.18. The molecule has 160 valence electrons. The zero-order chi connectivity index (χ0) is 21.7. The second kappa shape index (κ2) is 9.96. The predicted molar refractivity (Wildman–Crippen MR) is 116 cm³/mol. The molecular formula is C23H27ClN2O4. The van der Waals surface area contributed by atoms with E-state index in [0.29, 0.717) is 18.0 Å². The van der Waals surface area contributed by atoms with E-state index in [4.69, 9.17) is 21.1 Å². The van der Waals surface area contributed by atoms with E-state index in [1.54, 1.807) is 7.11 Å². The summed E-state index contributed by atoms with van der Waals surface area (Å²) in [5.74, 6) is 0.925. The normalized spacial score (nSPS) is 14.9. The minimum atomic E-state index is -0.137. The fourth-order valence-electron chi connectivity index (χ4n) is 3.39. The van der Waals surface area contributed by atoms with Crippen LogP contribution < -0.4 is 14.8 Å². The van der Waals surface area contributed by atoms with Gasteiger partial charge in [0.15, 0.2) is 11.5 Å². The first-order valence-corrected chi connectivity index (χ1v) is 10.4. The van der Waals surface area contributed by atoms with Gasteiger partial charge < -0.3 is 14.8 Å².